The lowest BCUT2D eigenvalue weighted by atomic mass is 10.1. The molecule has 4 rings (SSSR count). The van der Waals surface area contributed by atoms with Crippen LogP contribution in [0, 0.1) is 13.8 Å². The van der Waals surface area contributed by atoms with Gasteiger partial charge in [0.05, 0.1) is 0 Å². The minimum Gasteiger partial charge on any atom is -0.336 e. The second kappa shape index (κ2) is 7.15. The van der Waals surface area contributed by atoms with Crippen LogP contribution in [0.3, 0.4) is 0 Å². The van der Waals surface area contributed by atoms with Gasteiger partial charge in [0.25, 0.3) is 11.8 Å². The molecule has 8 heteroatoms. The first-order valence-corrected chi connectivity index (χ1v) is 8.89. The first-order valence-electron chi connectivity index (χ1n) is 8.89. The summed E-state index contributed by atoms with van der Waals surface area (Å²) >= 11 is 0. The van der Waals surface area contributed by atoms with Crippen molar-refractivity contribution in [3.63, 3.8) is 0 Å². The standard InChI is InChI=1S/C20H19N5O3/c1-12-3-4-15(19-22-13(2)24-28-19)11-17(12)23-18(26)14-5-7-16(8-6-14)25-10-9-21-20(25)27/h3-8,11H,9-10H2,1-2H3,(H,21,27)(H,23,26). The van der Waals surface area contributed by atoms with E-state index in [1.165, 1.54) is 0 Å². The number of aromatic nitrogens is 2. The highest BCUT2D eigenvalue weighted by Gasteiger charge is 2.21. The summed E-state index contributed by atoms with van der Waals surface area (Å²) in [6, 6.07) is 12.4. The summed E-state index contributed by atoms with van der Waals surface area (Å²) < 4.78 is 5.19. The van der Waals surface area contributed by atoms with E-state index < -0.39 is 0 Å². The van der Waals surface area contributed by atoms with E-state index in [0.717, 1.165) is 16.8 Å². The summed E-state index contributed by atoms with van der Waals surface area (Å²) in [4.78, 5) is 30.3. The summed E-state index contributed by atoms with van der Waals surface area (Å²) in [7, 11) is 0. The highest BCUT2D eigenvalue weighted by Crippen LogP contribution is 2.25. The highest BCUT2D eigenvalue weighted by molar-refractivity contribution is 6.05. The van der Waals surface area contributed by atoms with E-state index in [2.05, 4.69) is 20.8 Å². The van der Waals surface area contributed by atoms with Crippen molar-refractivity contribution >= 4 is 23.3 Å². The summed E-state index contributed by atoms with van der Waals surface area (Å²) in [5.41, 5.74) is 3.58. The number of rotatable bonds is 4. The van der Waals surface area contributed by atoms with E-state index in [9.17, 15) is 9.59 Å². The second-order valence-corrected chi connectivity index (χ2v) is 6.56. The van der Waals surface area contributed by atoms with Gasteiger partial charge >= 0.3 is 6.03 Å². The van der Waals surface area contributed by atoms with Gasteiger partial charge in [0.2, 0.25) is 0 Å². The van der Waals surface area contributed by atoms with Gasteiger partial charge in [0.1, 0.15) is 0 Å². The van der Waals surface area contributed by atoms with Gasteiger partial charge < -0.3 is 15.2 Å². The summed E-state index contributed by atoms with van der Waals surface area (Å²) in [5, 5.41) is 9.47. The maximum absolute atomic E-state index is 12.7. The normalized spacial score (nSPS) is 13.5. The predicted octanol–water partition coefficient (Wildman–Crippen LogP) is 3.14. The van der Waals surface area contributed by atoms with E-state index in [1.807, 2.05) is 25.1 Å². The fraction of sp³-hybridized carbons (Fsp3) is 0.200. The van der Waals surface area contributed by atoms with Gasteiger partial charge in [-0.15, -0.1) is 0 Å². The van der Waals surface area contributed by atoms with Gasteiger partial charge in [0.15, 0.2) is 5.82 Å². The Morgan fingerprint density at radius 3 is 2.61 bits per heavy atom. The molecule has 8 nitrogen and oxygen atoms in total. The number of carbonyl (C=O) groups is 2. The monoisotopic (exact) mass is 377 g/mol. The van der Waals surface area contributed by atoms with Crippen LogP contribution in [0.25, 0.3) is 11.5 Å². The number of amides is 3. The summed E-state index contributed by atoms with van der Waals surface area (Å²) in [6.45, 7) is 4.90. The zero-order chi connectivity index (χ0) is 19.7. The van der Waals surface area contributed by atoms with Crippen LogP contribution in [0.15, 0.2) is 47.0 Å². The SMILES string of the molecule is Cc1noc(-c2ccc(C)c(NC(=O)c3ccc(N4CCNC4=O)cc3)c2)n1. The van der Waals surface area contributed by atoms with Crippen molar-refractivity contribution in [1.82, 2.24) is 15.5 Å². The number of carbonyl (C=O) groups excluding carboxylic acids is 2. The molecule has 3 aromatic rings. The molecule has 1 saturated heterocycles. The molecule has 0 atom stereocenters. The van der Waals surface area contributed by atoms with Gasteiger partial charge in [-0.25, -0.2) is 4.79 Å². The van der Waals surface area contributed by atoms with Crippen LogP contribution in [0.2, 0.25) is 0 Å². The molecular formula is C20H19N5O3. The Bertz CT molecular complexity index is 1040. The molecular weight excluding hydrogens is 358 g/mol. The third-order valence-corrected chi connectivity index (χ3v) is 4.56. The molecule has 142 valence electrons. The third kappa shape index (κ3) is 3.44. The molecule has 1 aliphatic heterocycles. The van der Waals surface area contributed by atoms with E-state index in [0.29, 0.717) is 36.1 Å². The number of nitrogens with one attached hydrogen (secondary N) is 2. The number of urea groups is 1. The van der Waals surface area contributed by atoms with Gasteiger partial charge in [0, 0.05) is 35.6 Å². The Kier molecular flexibility index (Phi) is 4.52. The van der Waals surface area contributed by atoms with Crippen molar-refractivity contribution in [2.75, 3.05) is 23.3 Å². The highest BCUT2D eigenvalue weighted by atomic mass is 16.5. The van der Waals surface area contributed by atoms with Crippen LogP contribution in [0.1, 0.15) is 21.7 Å². The molecule has 0 unspecified atom stereocenters. The van der Waals surface area contributed by atoms with Gasteiger partial charge in [-0.05, 0) is 55.8 Å². The average molecular weight is 377 g/mol. The minimum absolute atomic E-state index is 0.124. The number of hydrogen-bond acceptors (Lipinski definition) is 5. The van der Waals surface area contributed by atoms with Crippen molar-refractivity contribution in [2.45, 2.75) is 13.8 Å². The largest absolute Gasteiger partial charge is 0.336 e. The number of aryl methyl sites for hydroxylation is 2. The van der Waals surface area contributed by atoms with Crippen molar-refractivity contribution in [3.05, 3.63) is 59.4 Å². The van der Waals surface area contributed by atoms with E-state index in [-0.39, 0.29) is 11.9 Å². The molecule has 0 saturated carbocycles. The summed E-state index contributed by atoms with van der Waals surface area (Å²) in [5.74, 6) is 0.716. The third-order valence-electron chi connectivity index (χ3n) is 4.56. The van der Waals surface area contributed by atoms with E-state index >= 15 is 0 Å². The molecule has 28 heavy (non-hydrogen) atoms. The first kappa shape index (κ1) is 17.7. The fourth-order valence-electron chi connectivity index (χ4n) is 3.01. The Morgan fingerprint density at radius 2 is 1.96 bits per heavy atom. The molecule has 3 amide bonds. The van der Waals surface area contributed by atoms with Crippen LogP contribution in [0.4, 0.5) is 16.2 Å². The van der Waals surface area contributed by atoms with Crippen molar-refractivity contribution in [3.8, 4) is 11.5 Å². The average Bonchev–Trinajstić information content (AvgIpc) is 3.32. The lowest BCUT2D eigenvalue weighted by Gasteiger charge is -2.15. The molecule has 2 heterocycles. The molecule has 1 aliphatic rings. The Balaban J connectivity index is 1.52. The molecule has 0 spiro atoms. The Labute approximate surface area is 161 Å². The zero-order valence-corrected chi connectivity index (χ0v) is 15.5. The molecule has 1 fully saturated rings. The van der Waals surface area contributed by atoms with E-state index in [4.69, 9.17) is 4.52 Å². The van der Waals surface area contributed by atoms with Crippen molar-refractivity contribution in [2.24, 2.45) is 0 Å². The van der Waals surface area contributed by atoms with Crippen molar-refractivity contribution < 1.29 is 14.1 Å². The van der Waals surface area contributed by atoms with Crippen LogP contribution in [0.5, 0.6) is 0 Å². The molecule has 2 aromatic carbocycles. The second-order valence-electron chi connectivity index (χ2n) is 6.56. The predicted molar refractivity (Wildman–Crippen MR) is 104 cm³/mol. The lowest BCUT2D eigenvalue weighted by Crippen LogP contribution is -2.27. The van der Waals surface area contributed by atoms with E-state index in [1.54, 1.807) is 36.1 Å². The zero-order valence-electron chi connectivity index (χ0n) is 15.5. The topological polar surface area (TPSA) is 100 Å². The number of hydrogen-bond donors (Lipinski definition) is 2. The molecule has 0 bridgehead atoms. The lowest BCUT2D eigenvalue weighted by molar-refractivity contribution is 0.102. The fourth-order valence-corrected chi connectivity index (χ4v) is 3.01. The van der Waals surface area contributed by atoms with Crippen LogP contribution < -0.4 is 15.5 Å². The van der Waals surface area contributed by atoms with Gasteiger partial charge in [-0.2, -0.15) is 4.98 Å². The quantitative estimate of drug-likeness (QED) is 0.727. The molecule has 2 N–H and O–H groups in total. The van der Waals surface area contributed by atoms with Crippen LogP contribution >= 0.6 is 0 Å². The van der Waals surface area contributed by atoms with Crippen molar-refractivity contribution in [1.29, 1.82) is 0 Å². The molecule has 1 aromatic heterocycles. The first-order chi connectivity index (χ1) is 13.5. The summed E-state index contributed by atoms with van der Waals surface area (Å²) in [6.07, 6.45) is 0. The smallest absolute Gasteiger partial charge is 0.321 e. The number of anilines is 2. The number of benzene rings is 2. The molecule has 0 aliphatic carbocycles. The van der Waals surface area contributed by atoms with Gasteiger partial charge in [-0.3, -0.25) is 9.69 Å². The Hall–Kier alpha value is -3.68. The number of nitrogens with zero attached hydrogens (tertiary/aromatic N) is 3. The minimum atomic E-state index is -0.237. The van der Waals surface area contributed by atoms with Crippen LogP contribution in [-0.4, -0.2) is 35.2 Å². The van der Waals surface area contributed by atoms with Gasteiger partial charge in [-0.1, -0.05) is 11.2 Å². The van der Waals surface area contributed by atoms with Crippen LogP contribution in [-0.2, 0) is 0 Å². The Morgan fingerprint density at radius 1 is 1.18 bits per heavy atom. The maximum atomic E-state index is 12.7. The maximum Gasteiger partial charge on any atom is 0.321 e. The molecule has 0 radical (unpaired) electrons.